The summed E-state index contributed by atoms with van der Waals surface area (Å²) in [4.78, 5) is 11.9. The van der Waals surface area contributed by atoms with Crippen LogP contribution in [0.3, 0.4) is 0 Å². The summed E-state index contributed by atoms with van der Waals surface area (Å²) in [6, 6.07) is 16.3. The highest BCUT2D eigenvalue weighted by atomic mass is 32.2. The first kappa shape index (κ1) is 19.1. The van der Waals surface area contributed by atoms with Crippen molar-refractivity contribution in [2.45, 2.75) is 25.0 Å². The van der Waals surface area contributed by atoms with E-state index in [0.717, 1.165) is 12.0 Å². The van der Waals surface area contributed by atoms with Gasteiger partial charge in [-0.2, -0.15) is 0 Å². The minimum atomic E-state index is -0.351. The molecule has 1 heterocycles. The van der Waals surface area contributed by atoms with Gasteiger partial charge in [0.05, 0.1) is 17.9 Å². The van der Waals surface area contributed by atoms with Crippen LogP contribution < -0.4 is 5.32 Å². The Labute approximate surface area is 162 Å². The molecule has 3 aromatic rings. The molecule has 2 aromatic carbocycles. The normalized spacial score (nSPS) is 10.7. The van der Waals surface area contributed by atoms with E-state index < -0.39 is 0 Å². The second-order valence-corrected chi connectivity index (χ2v) is 6.94. The van der Waals surface area contributed by atoms with Crippen LogP contribution >= 0.6 is 11.8 Å². The van der Waals surface area contributed by atoms with Crippen molar-refractivity contribution in [3.8, 4) is 11.4 Å². The zero-order valence-electron chi connectivity index (χ0n) is 15.1. The fourth-order valence-corrected chi connectivity index (χ4v) is 3.36. The lowest BCUT2D eigenvalue weighted by molar-refractivity contribution is -0.118. The molecule has 1 aromatic heterocycles. The molecule has 7 heteroatoms. The predicted molar refractivity (Wildman–Crippen MR) is 105 cm³/mol. The van der Waals surface area contributed by atoms with Crippen LogP contribution in [0, 0.1) is 5.82 Å². The molecule has 0 spiro atoms. The summed E-state index contributed by atoms with van der Waals surface area (Å²) in [6.07, 6.45) is 0.887. The van der Waals surface area contributed by atoms with Gasteiger partial charge >= 0.3 is 0 Å². The molecule has 0 unspecified atom stereocenters. The number of aromatic nitrogens is 3. The van der Waals surface area contributed by atoms with Gasteiger partial charge in [0, 0.05) is 6.54 Å². The van der Waals surface area contributed by atoms with E-state index in [0.29, 0.717) is 29.6 Å². The number of nitrogens with one attached hydrogen (secondary N) is 1. The van der Waals surface area contributed by atoms with Crippen LogP contribution in [0.25, 0.3) is 11.4 Å². The highest BCUT2D eigenvalue weighted by Gasteiger charge is 2.18. The molecule has 0 aliphatic rings. The Morgan fingerprint density at radius 2 is 1.85 bits per heavy atom. The van der Waals surface area contributed by atoms with E-state index in [9.17, 15) is 9.18 Å². The van der Waals surface area contributed by atoms with E-state index in [-0.39, 0.29) is 17.5 Å². The first-order chi connectivity index (χ1) is 13.2. The van der Waals surface area contributed by atoms with Crippen LogP contribution in [0.5, 0.6) is 0 Å². The van der Waals surface area contributed by atoms with Crippen LogP contribution in [-0.4, -0.2) is 33.0 Å². The van der Waals surface area contributed by atoms with Crippen molar-refractivity contribution in [2.24, 2.45) is 0 Å². The second-order valence-electron chi connectivity index (χ2n) is 6.00. The third-order valence-corrected chi connectivity index (χ3v) is 4.89. The van der Waals surface area contributed by atoms with Crippen molar-refractivity contribution in [1.29, 1.82) is 0 Å². The molecule has 1 N–H and O–H groups in total. The number of benzene rings is 2. The van der Waals surface area contributed by atoms with Crippen molar-refractivity contribution in [3.05, 3.63) is 66.0 Å². The van der Waals surface area contributed by atoms with E-state index in [1.54, 1.807) is 18.2 Å². The molecule has 5 nitrogen and oxygen atoms in total. The van der Waals surface area contributed by atoms with Gasteiger partial charge in [0.25, 0.3) is 0 Å². The molecule has 1 amide bonds. The maximum absolute atomic E-state index is 14.3. The molecular weight excluding hydrogens is 363 g/mol. The van der Waals surface area contributed by atoms with Crippen molar-refractivity contribution in [3.63, 3.8) is 0 Å². The first-order valence-corrected chi connectivity index (χ1v) is 9.79. The number of thioether (sulfide) groups is 1. The number of carbonyl (C=O) groups is 1. The Morgan fingerprint density at radius 1 is 1.11 bits per heavy atom. The monoisotopic (exact) mass is 384 g/mol. The number of amides is 1. The Kier molecular flexibility index (Phi) is 6.59. The molecule has 3 rings (SSSR count). The summed E-state index contributed by atoms with van der Waals surface area (Å²) in [5.41, 5.74) is 1.44. The lowest BCUT2D eigenvalue weighted by atomic mass is 10.2. The molecule has 0 aliphatic heterocycles. The Bertz CT molecular complexity index is 898. The van der Waals surface area contributed by atoms with E-state index in [4.69, 9.17) is 0 Å². The van der Waals surface area contributed by atoms with Gasteiger partial charge in [-0.05, 0) is 24.1 Å². The smallest absolute Gasteiger partial charge is 0.230 e. The fourth-order valence-electron chi connectivity index (χ4n) is 2.59. The van der Waals surface area contributed by atoms with E-state index in [2.05, 4.69) is 15.5 Å². The van der Waals surface area contributed by atoms with Crippen molar-refractivity contribution in [2.75, 3.05) is 12.3 Å². The molecule has 0 atom stereocenters. The third kappa shape index (κ3) is 4.95. The molecule has 0 aliphatic carbocycles. The standard InChI is InChI=1S/C20H21FN4OS/c1-2-12-22-18(26)14-27-20-24-23-19(16-10-6-7-11-17(16)21)25(20)13-15-8-4-3-5-9-15/h3-11H,2,12-14H2,1H3,(H,22,26). The Morgan fingerprint density at radius 3 is 2.59 bits per heavy atom. The SMILES string of the molecule is CCCNC(=O)CSc1nnc(-c2ccccc2F)n1Cc1ccccc1. The molecule has 0 saturated heterocycles. The maximum atomic E-state index is 14.3. The van der Waals surface area contributed by atoms with Gasteiger partial charge in [0.1, 0.15) is 5.82 Å². The summed E-state index contributed by atoms with van der Waals surface area (Å²) >= 11 is 1.30. The lowest BCUT2D eigenvalue weighted by Gasteiger charge is -2.11. The summed E-state index contributed by atoms with van der Waals surface area (Å²) in [5.74, 6) is 0.290. The van der Waals surface area contributed by atoms with Crippen molar-refractivity contribution < 1.29 is 9.18 Å². The second kappa shape index (κ2) is 9.32. The van der Waals surface area contributed by atoms with Gasteiger partial charge in [-0.3, -0.25) is 9.36 Å². The van der Waals surface area contributed by atoms with Crippen LogP contribution in [0.4, 0.5) is 4.39 Å². The van der Waals surface area contributed by atoms with Gasteiger partial charge in [-0.25, -0.2) is 4.39 Å². The highest BCUT2D eigenvalue weighted by molar-refractivity contribution is 7.99. The Balaban J connectivity index is 1.89. The molecule has 27 heavy (non-hydrogen) atoms. The third-order valence-electron chi connectivity index (χ3n) is 3.92. The summed E-state index contributed by atoms with van der Waals surface area (Å²) in [7, 11) is 0. The van der Waals surface area contributed by atoms with E-state index in [1.165, 1.54) is 17.8 Å². The van der Waals surface area contributed by atoms with Crippen LogP contribution in [0.15, 0.2) is 59.8 Å². The van der Waals surface area contributed by atoms with Crippen molar-refractivity contribution in [1.82, 2.24) is 20.1 Å². The minimum absolute atomic E-state index is 0.0523. The molecule has 0 saturated carbocycles. The average Bonchev–Trinajstić information content (AvgIpc) is 3.08. The number of rotatable bonds is 8. The van der Waals surface area contributed by atoms with Crippen LogP contribution in [0.2, 0.25) is 0 Å². The Hall–Kier alpha value is -2.67. The number of carbonyl (C=O) groups excluding carboxylic acids is 1. The topological polar surface area (TPSA) is 59.8 Å². The van der Waals surface area contributed by atoms with E-state index in [1.807, 2.05) is 41.8 Å². The van der Waals surface area contributed by atoms with Gasteiger partial charge in [0.15, 0.2) is 11.0 Å². The molecular formula is C20H21FN4OS. The first-order valence-electron chi connectivity index (χ1n) is 8.80. The number of nitrogens with zero attached hydrogens (tertiary/aromatic N) is 3. The molecule has 0 bridgehead atoms. The predicted octanol–water partition coefficient (Wildman–Crippen LogP) is 3.75. The van der Waals surface area contributed by atoms with Gasteiger partial charge < -0.3 is 5.32 Å². The number of hydrogen-bond donors (Lipinski definition) is 1. The molecule has 0 fully saturated rings. The molecule has 140 valence electrons. The lowest BCUT2D eigenvalue weighted by Crippen LogP contribution is -2.25. The fraction of sp³-hybridized carbons (Fsp3) is 0.250. The summed E-state index contributed by atoms with van der Waals surface area (Å²) in [6.45, 7) is 3.15. The summed E-state index contributed by atoms with van der Waals surface area (Å²) < 4.78 is 16.2. The summed E-state index contributed by atoms with van der Waals surface area (Å²) in [5, 5.41) is 11.8. The number of hydrogen-bond acceptors (Lipinski definition) is 4. The quantitative estimate of drug-likeness (QED) is 0.601. The van der Waals surface area contributed by atoms with Crippen molar-refractivity contribution >= 4 is 17.7 Å². The van der Waals surface area contributed by atoms with Crippen LogP contribution in [-0.2, 0) is 11.3 Å². The van der Waals surface area contributed by atoms with Gasteiger partial charge in [-0.1, -0.05) is 61.2 Å². The number of halogens is 1. The largest absolute Gasteiger partial charge is 0.355 e. The van der Waals surface area contributed by atoms with Gasteiger partial charge in [0.2, 0.25) is 5.91 Å². The van der Waals surface area contributed by atoms with Gasteiger partial charge in [-0.15, -0.1) is 10.2 Å². The average molecular weight is 384 g/mol. The zero-order valence-corrected chi connectivity index (χ0v) is 15.9. The van der Waals surface area contributed by atoms with E-state index >= 15 is 0 Å². The minimum Gasteiger partial charge on any atom is -0.355 e. The zero-order chi connectivity index (χ0) is 19.1. The molecule has 0 radical (unpaired) electrons. The maximum Gasteiger partial charge on any atom is 0.230 e. The highest BCUT2D eigenvalue weighted by Crippen LogP contribution is 2.26. The van der Waals surface area contributed by atoms with Crippen LogP contribution in [0.1, 0.15) is 18.9 Å².